The summed E-state index contributed by atoms with van der Waals surface area (Å²) in [5, 5.41) is 8.20. The summed E-state index contributed by atoms with van der Waals surface area (Å²) in [6.45, 7) is 7.05. The van der Waals surface area contributed by atoms with E-state index in [1.165, 1.54) is 17.8 Å². The maximum atomic E-state index is 12.2. The van der Waals surface area contributed by atoms with Gasteiger partial charge in [0.15, 0.2) is 0 Å². The van der Waals surface area contributed by atoms with Crippen molar-refractivity contribution in [2.75, 3.05) is 12.3 Å². The maximum Gasteiger partial charge on any atom is 0.263 e. The smallest absolute Gasteiger partial charge is 0.263 e. The molecule has 0 aromatic carbocycles. The van der Waals surface area contributed by atoms with Gasteiger partial charge in [0.05, 0.1) is 16.8 Å². The molecule has 2 rings (SSSR count). The molecule has 0 unspecified atom stereocenters. The molecule has 3 N–H and O–H groups in total. The van der Waals surface area contributed by atoms with Gasteiger partial charge in [-0.2, -0.15) is 5.10 Å². The van der Waals surface area contributed by atoms with Crippen LogP contribution in [0.5, 0.6) is 0 Å². The van der Waals surface area contributed by atoms with Gasteiger partial charge < -0.3 is 11.1 Å². The number of carbonyl (C=O) groups excluding carboxylic acids is 1. The van der Waals surface area contributed by atoms with Crippen molar-refractivity contribution in [2.45, 2.75) is 40.0 Å². The first-order valence-electron chi connectivity index (χ1n) is 7.41. The number of unbranched alkanes of at least 4 members (excludes halogenated alkanes) is 1. The lowest BCUT2D eigenvalue weighted by atomic mass is 10.1. The Kier molecular flexibility index (Phi) is 4.88. The highest BCUT2D eigenvalue weighted by atomic mass is 32.1. The fourth-order valence-electron chi connectivity index (χ4n) is 2.46. The molecule has 0 radical (unpaired) electrons. The zero-order valence-corrected chi connectivity index (χ0v) is 14.0. The Labute approximate surface area is 129 Å². The zero-order valence-electron chi connectivity index (χ0n) is 13.2. The van der Waals surface area contributed by atoms with Crippen LogP contribution in [-0.4, -0.2) is 22.2 Å². The van der Waals surface area contributed by atoms with Crippen LogP contribution in [0.1, 0.15) is 48.5 Å². The van der Waals surface area contributed by atoms with Crippen LogP contribution in [0.2, 0.25) is 0 Å². The van der Waals surface area contributed by atoms with E-state index in [-0.39, 0.29) is 5.91 Å². The average Bonchev–Trinajstić information content (AvgIpc) is 2.88. The number of aromatic nitrogens is 2. The summed E-state index contributed by atoms with van der Waals surface area (Å²) in [6, 6.07) is 0. The van der Waals surface area contributed by atoms with E-state index in [1.54, 1.807) is 4.68 Å². The Morgan fingerprint density at radius 1 is 1.43 bits per heavy atom. The number of anilines is 1. The van der Waals surface area contributed by atoms with Gasteiger partial charge in [-0.3, -0.25) is 9.48 Å². The summed E-state index contributed by atoms with van der Waals surface area (Å²) in [4.78, 5) is 13.8. The van der Waals surface area contributed by atoms with Crippen LogP contribution in [0.4, 0.5) is 5.69 Å². The number of thiophene rings is 1. The monoisotopic (exact) mass is 308 g/mol. The predicted octanol–water partition coefficient (Wildman–Crippen LogP) is 3.08. The summed E-state index contributed by atoms with van der Waals surface area (Å²) in [6.07, 6.45) is 3.35. The van der Waals surface area contributed by atoms with Gasteiger partial charge in [-0.05, 0) is 19.3 Å². The molecule has 116 valence electrons. The number of nitrogens with two attached hydrogens (primary N) is 1. The molecular weight excluding hydrogens is 284 g/mol. The zero-order chi connectivity index (χ0) is 15.6. The summed E-state index contributed by atoms with van der Waals surface area (Å²) >= 11 is 1.41. The van der Waals surface area contributed by atoms with E-state index in [4.69, 9.17) is 5.73 Å². The molecule has 0 aliphatic heterocycles. The number of rotatable bonds is 6. The summed E-state index contributed by atoms with van der Waals surface area (Å²) < 4.78 is 1.78. The predicted molar refractivity (Wildman–Crippen MR) is 88.8 cm³/mol. The van der Waals surface area contributed by atoms with Gasteiger partial charge >= 0.3 is 0 Å². The van der Waals surface area contributed by atoms with Crippen molar-refractivity contribution in [3.05, 3.63) is 10.6 Å². The van der Waals surface area contributed by atoms with Crippen LogP contribution in [0.3, 0.4) is 0 Å². The van der Waals surface area contributed by atoms with Gasteiger partial charge in [-0.15, -0.1) is 11.3 Å². The lowest BCUT2D eigenvalue weighted by Gasteiger charge is -2.06. The molecule has 6 heteroatoms. The van der Waals surface area contributed by atoms with E-state index in [1.807, 2.05) is 14.0 Å². The van der Waals surface area contributed by atoms with Crippen LogP contribution in [0.15, 0.2) is 0 Å². The molecule has 0 aliphatic rings. The van der Waals surface area contributed by atoms with Crippen molar-refractivity contribution in [1.29, 1.82) is 0 Å². The van der Waals surface area contributed by atoms with Gasteiger partial charge in [-0.1, -0.05) is 26.7 Å². The molecule has 0 saturated carbocycles. The fourth-order valence-corrected chi connectivity index (χ4v) is 3.56. The second-order valence-electron chi connectivity index (χ2n) is 5.88. The second kappa shape index (κ2) is 6.47. The summed E-state index contributed by atoms with van der Waals surface area (Å²) in [7, 11) is 1.87. The minimum atomic E-state index is -0.0716. The number of amides is 1. The Morgan fingerprint density at radius 2 is 2.14 bits per heavy atom. The Hall–Kier alpha value is -1.56. The number of fused-ring (bicyclic) bond motifs is 1. The average molecular weight is 308 g/mol. The van der Waals surface area contributed by atoms with Crippen LogP contribution < -0.4 is 11.1 Å². The lowest BCUT2D eigenvalue weighted by molar-refractivity contribution is 0.0958. The molecule has 0 bridgehead atoms. The fraction of sp³-hybridized carbons (Fsp3) is 0.600. The lowest BCUT2D eigenvalue weighted by Crippen LogP contribution is -2.24. The number of nitrogens with zero attached hydrogens (tertiary/aromatic N) is 2. The molecule has 0 spiro atoms. The molecule has 0 fully saturated rings. The number of nitrogens with one attached hydrogen (secondary N) is 1. The molecule has 0 aliphatic carbocycles. The minimum Gasteiger partial charge on any atom is -0.397 e. The van der Waals surface area contributed by atoms with Crippen molar-refractivity contribution >= 4 is 33.1 Å². The standard InChI is InChI=1S/C15H24N4OS/c1-9(2)7-5-6-8-17-14(20)13-12(16)11-10(3)18-19(4)15(11)21-13/h9H,5-8,16H2,1-4H3,(H,17,20). The molecule has 5 nitrogen and oxygen atoms in total. The first kappa shape index (κ1) is 15.8. The second-order valence-corrected chi connectivity index (χ2v) is 6.88. The Balaban J connectivity index is 2.00. The topological polar surface area (TPSA) is 72.9 Å². The van der Waals surface area contributed by atoms with Crippen LogP contribution >= 0.6 is 11.3 Å². The quantitative estimate of drug-likeness (QED) is 0.805. The van der Waals surface area contributed by atoms with E-state index >= 15 is 0 Å². The minimum absolute atomic E-state index is 0.0716. The maximum absolute atomic E-state index is 12.2. The van der Waals surface area contributed by atoms with Crippen LogP contribution in [-0.2, 0) is 7.05 Å². The third-order valence-corrected chi connectivity index (χ3v) is 4.85. The van der Waals surface area contributed by atoms with Crippen molar-refractivity contribution in [3.8, 4) is 0 Å². The SMILES string of the molecule is Cc1nn(C)c2sc(C(=O)NCCCCC(C)C)c(N)c12. The molecule has 21 heavy (non-hydrogen) atoms. The summed E-state index contributed by atoms with van der Waals surface area (Å²) in [5.74, 6) is 0.645. The summed E-state index contributed by atoms with van der Waals surface area (Å²) in [5.41, 5.74) is 7.55. The molecule has 0 atom stereocenters. The van der Waals surface area contributed by atoms with Crippen molar-refractivity contribution in [1.82, 2.24) is 15.1 Å². The van der Waals surface area contributed by atoms with Crippen molar-refractivity contribution in [3.63, 3.8) is 0 Å². The number of hydrogen-bond donors (Lipinski definition) is 2. The van der Waals surface area contributed by atoms with E-state index in [2.05, 4.69) is 24.3 Å². The third-order valence-electron chi connectivity index (χ3n) is 3.58. The third kappa shape index (κ3) is 3.37. The van der Waals surface area contributed by atoms with Gasteiger partial charge in [-0.25, -0.2) is 0 Å². The van der Waals surface area contributed by atoms with E-state index in [0.29, 0.717) is 17.1 Å². The highest BCUT2D eigenvalue weighted by molar-refractivity contribution is 7.21. The van der Waals surface area contributed by atoms with E-state index in [0.717, 1.165) is 34.7 Å². The van der Waals surface area contributed by atoms with Gasteiger partial charge in [0.25, 0.3) is 5.91 Å². The molecule has 2 aromatic rings. The molecule has 0 saturated heterocycles. The Bertz CT molecular complexity index is 642. The van der Waals surface area contributed by atoms with Crippen molar-refractivity contribution in [2.24, 2.45) is 13.0 Å². The molecular formula is C15H24N4OS. The van der Waals surface area contributed by atoms with Gasteiger partial charge in [0.1, 0.15) is 9.71 Å². The number of carbonyl (C=O) groups is 1. The van der Waals surface area contributed by atoms with Crippen molar-refractivity contribution < 1.29 is 4.79 Å². The van der Waals surface area contributed by atoms with Gasteiger partial charge in [0, 0.05) is 13.6 Å². The first-order chi connectivity index (χ1) is 9.91. The number of aryl methyl sites for hydroxylation is 2. The first-order valence-corrected chi connectivity index (χ1v) is 8.23. The van der Waals surface area contributed by atoms with Crippen LogP contribution in [0.25, 0.3) is 10.2 Å². The number of nitrogen functional groups attached to an aromatic ring is 1. The normalized spacial score (nSPS) is 11.5. The highest BCUT2D eigenvalue weighted by Gasteiger charge is 2.20. The highest BCUT2D eigenvalue weighted by Crippen LogP contribution is 2.35. The van der Waals surface area contributed by atoms with E-state index in [9.17, 15) is 4.79 Å². The Morgan fingerprint density at radius 3 is 2.76 bits per heavy atom. The van der Waals surface area contributed by atoms with Crippen LogP contribution in [0, 0.1) is 12.8 Å². The molecule has 1 amide bonds. The largest absolute Gasteiger partial charge is 0.397 e. The van der Waals surface area contributed by atoms with E-state index < -0.39 is 0 Å². The molecule has 2 heterocycles. The molecule has 2 aromatic heterocycles. The van der Waals surface area contributed by atoms with Gasteiger partial charge in [0.2, 0.25) is 0 Å². The number of hydrogen-bond acceptors (Lipinski definition) is 4.